The van der Waals surface area contributed by atoms with Crippen molar-refractivity contribution >= 4 is 30.8 Å². The predicted octanol–water partition coefficient (Wildman–Crippen LogP) is 4.79. The van der Waals surface area contributed by atoms with Crippen LogP contribution >= 0.6 is 24.8 Å². The Kier molecular flexibility index (Phi) is 16.8. The van der Waals surface area contributed by atoms with Crippen LogP contribution in [0.3, 0.4) is 0 Å². The second-order valence-electron chi connectivity index (χ2n) is 6.72. The van der Waals surface area contributed by atoms with Gasteiger partial charge in [-0.3, -0.25) is 4.79 Å². The van der Waals surface area contributed by atoms with E-state index < -0.39 is 5.41 Å². The van der Waals surface area contributed by atoms with Crippen molar-refractivity contribution in [2.75, 3.05) is 45.9 Å². The molecular weight excluding hydrogens is 395 g/mol. The minimum atomic E-state index is -0.581. The summed E-state index contributed by atoms with van der Waals surface area (Å²) in [6.45, 7) is 16.8. The monoisotopic (exact) mass is 434 g/mol. The van der Waals surface area contributed by atoms with E-state index in [1.807, 2.05) is 25.1 Å². The molecule has 0 amide bonds. The van der Waals surface area contributed by atoms with Crippen molar-refractivity contribution in [3.63, 3.8) is 0 Å². The van der Waals surface area contributed by atoms with Gasteiger partial charge in [-0.25, -0.2) is 0 Å². The summed E-state index contributed by atoms with van der Waals surface area (Å²) in [5.74, 6) is -0.0782. The Morgan fingerprint density at radius 1 is 0.821 bits per heavy atom. The van der Waals surface area contributed by atoms with Crippen molar-refractivity contribution in [1.82, 2.24) is 9.80 Å². The van der Waals surface area contributed by atoms with Crippen LogP contribution in [0.4, 0.5) is 0 Å². The van der Waals surface area contributed by atoms with Gasteiger partial charge in [0.05, 0.1) is 12.0 Å². The highest BCUT2D eigenvalue weighted by Crippen LogP contribution is 2.34. The average molecular weight is 435 g/mol. The number of esters is 1. The molecule has 0 fully saturated rings. The Labute approximate surface area is 184 Å². The summed E-state index contributed by atoms with van der Waals surface area (Å²) in [7, 11) is 0. The van der Waals surface area contributed by atoms with Gasteiger partial charge in [0.15, 0.2) is 0 Å². The summed E-state index contributed by atoms with van der Waals surface area (Å²) >= 11 is 0. The van der Waals surface area contributed by atoms with Crippen molar-refractivity contribution in [2.45, 2.75) is 52.9 Å². The Morgan fingerprint density at radius 2 is 1.25 bits per heavy atom. The highest BCUT2D eigenvalue weighted by molar-refractivity contribution is 5.85. The van der Waals surface area contributed by atoms with Crippen molar-refractivity contribution in [3.8, 4) is 0 Å². The summed E-state index contributed by atoms with van der Waals surface area (Å²) in [6, 6.07) is 10.2. The molecule has 0 atom stereocenters. The summed E-state index contributed by atoms with van der Waals surface area (Å²) in [5, 5.41) is 0. The number of rotatable bonds is 13. The maximum absolute atomic E-state index is 13.2. The second kappa shape index (κ2) is 16.0. The lowest BCUT2D eigenvalue weighted by Gasteiger charge is -2.35. The molecule has 0 N–H and O–H groups in total. The van der Waals surface area contributed by atoms with Crippen molar-refractivity contribution in [3.05, 3.63) is 35.9 Å². The zero-order chi connectivity index (χ0) is 19.4. The average Bonchev–Trinajstić information content (AvgIpc) is 2.68. The second-order valence-corrected chi connectivity index (χ2v) is 6.72. The molecule has 4 nitrogen and oxygen atoms in total. The van der Waals surface area contributed by atoms with E-state index in [1.54, 1.807) is 0 Å². The van der Waals surface area contributed by atoms with Crippen LogP contribution in [-0.2, 0) is 14.9 Å². The van der Waals surface area contributed by atoms with Crippen LogP contribution in [0.25, 0.3) is 0 Å². The van der Waals surface area contributed by atoms with Crippen LogP contribution in [0.1, 0.15) is 53.0 Å². The third-order valence-corrected chi connectivity index (χ3v) is 5.49. The molecule has 0 saturated carbocycles. The molecule has 28 heavy (non-hydrogen) atoms. The lowest BCUT2D eigenvalue weighted by molar-refractivity contribution is -0.151. The number of halogens is 2. The molecule has 1 rings (SSSR count). The molecule has 0 heterocycles. The molecular formula is C22H40Cl2N2O2. The third-order valence-electron chi connectivity index (χ3n) is 5.49. The number of carbonyl (C=O) groups is 1. The van der Waals surface area contributed by atoms with E-state index in [-0.39, 0.29) is 30.8 Å². The normalized spacial score (nSPS) is 11.1. The number of benzene rings is 1. The van der Waals surface area contributed by atoms with E-state index in [1.165, 1.54) is 0 Å². The van der Waals surface area contributed by atoms with E-state index in [9.17, 15) is 4.79 Å². The first-order valence-electron chi connectivity index (χ1n) is 10.2. The van der Waals surface area contributed by atoms with E-state index in [2.05, 4.69) is 49.6 Å². The molecule has 0 aliphatic heterocycles. The minimum Gasteiger partial charge on any atom is -0.465 e. The molecule has 0 aliphatic rings. The first-order chi connectivity index (χ1) is 12.6. The smallest absolute Gasteiger partial charge is 0.316 e. The van der Waals surface area contributed by atoms with Gasteiger partial charge in [0.25, 0.3) is 0 Å². The van der Waals surface area contributed by atoms with E-state index in [4.69, 9.17) is 4.74 Å². The zero-order valence-corrected chi connectivity index (χ0v) is 19.9. The number of hydrogen-bond donors (Lipinski definition) is 0. The van der Waals surface area contributed by atoms with Crippen LogP contribution in [0.2, 0.25) is 0 Å². The largest absolute Gasteiger partial charge is 0.465 e. The number of ether oxygens (including phenoxy) is 1. The molecule has 164 valence electrons. The Hall–Kier alpha value is -0.810. The molecule has 1 aromatic carbocycles. The molecule has 6 heteroatoms. The van der Waals surface area contributed by atoms with Crippen LogP contribution in [-0.4, -0.2) is 61.6 Å². The fourth-order valence-electron chi connectivity index (χ4n) is 3.54. The summed E-state index contributed by atoms with van der Waals surface area (Å²) in [5.41, 5.74) is 0.500. The van der Waals surface area contributed by atoms with Crippen molar-refractivity contribution in [1.29, 1.82) is 0 Å². The maximum Gasteiger partial charge on any atom is 0.316 e. The minimum absolute atomic E-state index is 0. The fourth-order valence-corrected chi connectivity index (χ4v) is 3.54. The molecule has 1 aromatic rings. The number of hydrogen-bond acceptors (Lipinski definition) is 4. The van der Waals surface area contributed by atoms with Crippen LogP contribution < -0.4 is 0 Å². The number of carbonyl (C=O) groups excluding carboxylic acids is 1. The van der Waals surface area contributed by atoms with Crippen LogP contribution in [0.15, 0.2) is 30.3 Å². The summed E-state index contributed by atoms with van der Waals surface area (Å²) < 4.78 is 5.58. The standard InChI is InChI=1S/C22H38N2O2.2ClH/c1-6-23(7-2)18-16-22(21(25)26-10-5,17-19-24(8-3)9-4)20-14-12-11-13-15-20;;/h11-15H,6-10,16-19H2,1-5H3;2*1H. The fraction of sp³-hybridized carbons (Fsp3) is 0.682. The van der Waals surface area contributed by atoms with Gasteiger partial charge in [-0.15, -0.1) is 24.8 Å². The lowest BCUT2D eigenvalue weighted by atomic mass is 9.74. The van der Waals surface area contributed by atoms with E-state index >= 15 is 0 Å². The topological polar surface area (TPSA) is 32.8 Å². The SMILES string of the molecule is CCOC(=O)C(CCN(CC)CC)(CCN(CC)CC)c1ccccc1.Cl.Cl. The number of nitrogens with zero attached hydrogens (tertiary/aromatic N) is 2. The van der Waals surface area contributed by atoms with Gasteiger partial charge in [0, 0.05) is 0 Å². The highest BCUT2D eigenvalue weighted by Gasteiger charge is 2.41. The molecule has 0 aliphatic carbocycles. The van der Waals surface area contributed by atoms with Gasteiger partial charge in [0.1, 0.15) is 0 Å². The predicted molar refractivity (Wildman–Crippen MR) is 124 cm³/mol. The van der Waals surface area contributed by atoms with Gasteiger partial charge < -0.3 is 14.5 Å². The zero-order valence-electron chi connectivity index (χ0n) is 18.3. The first-order valence-corrected chi connectivity index (χ1v) is 10.2. The lowest BCUT2D eigenvalue weighted by Crippen LogP contribution is -2.43. The van der Waals surface area contributed by atoms with Crippen molar-refractivity contribution < 1.29 is 9.53 Å². The van der Waals surface area contributed by atoms with Gasteiger partial charge in [-0.1, -0.05) is 58.0 Å². The Morgan fingerprint density at radius 3 is 1.61 bits per heavy atom. The Bertz CT molecular complexity index is 491. The molecule has 0 bridgehead atoms. The van der Waals surface area contributed by atoms with Gasteiger partial charge in [-0.2, -0.15) is 0 Å². The van der Waals surface area contributed by atoms with E-state index in [0.29, 0.717) is 6.61 Å². The van der Waals surface area contributed by atoms with Gasteiger partial charge >= 0.3 is 5.97 Å². The van der Waals surface area contributed by atoms with Crippen molar-refractivity contribution in [2.24, 2.45) is 0 Å². The van der Waals surface area contributed by atoms with Gasteiger partial charge in [0.2, 0.25) is 0 Å². The molecule has 0 saturated heterocycles. The third kappa shape index (κ3) is 8.28. The summed E-state index contributed by atoms with van der Waals surface area (Å²) in [6.07, 6.45) is 1.58. The molecule has 0 aromatic heterocycles. The first kappa shape index (κ1) is 29.4. The van der Waals surface area contributed by atoms with Crippen LogP contribution in [0.5, 0.6) is 0 Å². The molecule has 0 unspecified atom stereocenters. The quantitative estimate of drug-likeness (QED) is 0.417. The maximum atomic E-state index is 13.2. The molecule has 0 spiro atoms. The highest BCUT2D eigenvalue weighted by atomic mass is 35.5. The van der Waals surface area contributed by atoms with Gasteiger partial charge in [-0.05, 0) is 64.6 Å². The summed E-state index contributed by atoms with van der Waals surface area (Å²) in [4.78, 5) is 18.0. The Balaban J connectivity index is 0. The van der Waals surface area contributed by atoms with E-state index in [0.717, 1.165) is 57.7 Å². The molecule has 0 radical (unpaired) electrons. The van der Waals surface area contributed by atoms with Crippen LogP contribution in [0, 0.1) is 0 Å².